The summed E-state index contributed by atoms with van der Waals surface area (Å²) in [6.07, 6.45) is 3.57. The molecule has 0 amide bonds. The maximum Gasteiger partial charge on any atom is 0.139 e. The van der Waals surface area contributed by atoms with E-state index < -0.39 is 0 Å². The highest BCUT2D eigenvalue weighted by Gasteiger charge is 2.14. The summed E-state index contributed by atoms with van der Waals surface area (Å²) in [5.74, 6) is 0.674. The summed E-state index contributed by atoms with van der Waals surface area (Å²) >= 11 is 9.17. The molecular weight excluding hydrogens is 357 g/mol. The van der Waals surface area contributed by atoms with Gasteiger partial charge >= 0.3 is 0 Å². The second-order valence-corrected chi connectivity index (χ2v) is 5.93. The number of pyridine rings is 1. The smallest absolute Gasteiger partial charge is 0.139 e. The molecule has 21 heavy (non-hydrogen) atoms. The molecule has 0 radical (unpaired) electrons. The number of imidazole rings is 1. The molecule has 0 atom stereocenters. The van der Waals surface area contributed by atoms with E-state index in [1.165, 1.54) is 6.07 Å². The molecule has 0 saturated carbocycles. The van der Waals surface area contributed by atoms with Crippen molar-refractivity contribution in [3.63, 3.8) is 0 Å². The molecular formula is C15H12BrClFN3. The number of benzene rings is 1. The van der Waals surface area contributed by atoms with Crippen LogP contribution in [0, 0.1) is 12.7 Å². The predicted molar refractivity (Wildman–Crippen MR) is 85.0 cm³/mol. The summed E-state index contributed by atoms with van der Waals surface area (Å²) < 4.78 is 16.2. The van der Waals surface area contributed by atoms with Crippen LogP contribution in [-0.2, 0) is 12.4 Å². The Morgan fingerprint density at radius 2 is 2.19 bits per heavy atom. The van der Waals surface area contributed by atoms with Crippen molar-refractivity contribution < 1.29 is 4.39 Å². The second kappa shape index (κ2) is 5.73. The van der Waals surface area contributed by atoms with Crippen LogP contribution >= 0.6 is 27.5 Å². The van der Waals surface area contributed by atoms with Crippen molar-refractivity contribution in [2.45, 2.75) is 19.3 Å². The normalized spacial score (nSPS) is 11.2. The lowest BCUT2D eigenvalue weighted by Gasteiger charge is -2.10. The third kappa shape index (κ3) is 2.68. The van der Waals surface area contributed by atoms with Crippen molar-refractivity contribution in [2.75, 3.05) is 0 Å². The zero-order chi connectivity index (χ0) is 15.0. The Kier molecular flexibility index (Phi) is 3.95. The van der Waals surface area contributed by atoms with Crippen molar-refractivity contribution in [1.29, 1.82) is 0 Å². The Morgan fingerprint density at radius 3 is 2.90 bits per heavy atom. The molecule has 2 heterocycles. The average molecular weight is 369 g/mol. The first-order valence-corrected chi connectivity index (χ1v) is 7.72. The van der Waals surface area contributed by atoms with Crippen LogP contribution in [0.25, 0.3) is 11.0 Å². The average Bonchev–Trinajstić information content (AvgIpc) is 2.79. The van der Waals surface area contributed by atoms with Gasteiger partial charge in [0.05, 0.1) is 27.9 Å². The molecule has 6 heteroatoms. The maximum atomic E-state index is 13.8. The maximum absolute atomic E-state index is 13.8. The highest BCUT2D eigenvalue weighted by molar-refractivity contribution is 9.10. The van der Waals surface area contributed by atoms with Crippen molar-refractivity contribution in [2.24, 2.45) is 0 Å². The van der Waals surface area contributed by atoms with Gasteiger partial charge in [0, 0.05) is 18.5 Å². The molecule has 0 N–H and O–H groups in total. The Hall–Kier alpha value is -1.46. The molecule has 0 aliphatic rings. The highest BCUT2D eigenvalue weighted by Crippen LogP contribution is 2.26. The van der Waals surface area contributed by atoms with Gasteiger partial charge in [-0.2, -0.15) is 0 Å². The third-order valence-electron chi connectivity index (χ3n) is 3.46. The molecule has 2 aromatic heterocycles. The van der Waals surface area contributed by atoms with Gasteiger partial charge in [0.25, 0.3) is 0 Å². The van der Waals surface area contributed by atoms with Gasteiger partial charge in [-0.3, -0.25) is 4.98 Å². The third-order valence-corrected chi connectivity index (χ3v) is 4.31. The number of fused-ring (bicyclic) bond motifs is 1. The summed E-state index contributed by atoms with van der Waals surface area (Å²) in [7, 11) is 0. The molecule has 0 bridgehead atoms. The first kappa shape index (κ1) is 14.5. The SMILES string of the molecule is Cc1ccncc1Cn1c(CCl)nc2cc(Br)c(F)cc21. The van der Waals surface area contributed by atoms with Gasteiger partial charge in [0.1, 0.15) is 11.6 Å². The van der Waals surface area contributed by atoms with Crippen molar-refractivity contribution >= 4 is 38.6 Å². The van der Waals surface area contributed by atoms with Crippen LogP contribution in [-0.4, -0.2) is 14.5 Å². The molecule has 0 unspecified atom stereocenters. The van der Waals surface area contributed by atoms with E-state index >= 15 is 0 Å². The zero-order valence-electron chi connectivity index (χ0n) is 11.3. The standard InChI is InChI=1S/C15H12BrClFN3/c1-9-2-3-19-7-10(9)8-21-14-5-12(18)11(16)4-13(14)20-15(21)6-17/h2-5,7H,6,8H2,1H3. The topological polar surface area (TPSA) is 30.7 Å². The van der Waals surface area contributed by atoms with Crippen molar-refractivity contribution in [3.05, 3.63) is 57.8 Å². The number of hydrogen-bond acceptors (Lipinski definition) is 2. The number of hydrogen-bond donors (Lipinski definition) is 0. The molecule has 0 aliphatic heterocycles. The van der Waals surface area contributed by atoms with E-state index in [2.05, 4.69) is 25.9 Å². The van der Waals surface area contributed by atoms with E-state index in [4.69, 9.17) is 11.6 Å². The van der Waals surface area contributed by atoms with Gasteiger partial charge in [0.15, 0.2) is 0 Å². The van der Waals surface area contributed by atoms with E-state index in [0.717, 1.165) is 22.2 Å². The minimum atomic E-state index is -0.312. The molecule has 1 aromatic carbocycles. The van der Waals surface area contributed by atoms with Crippen LogP contribution in [0.1, 0.15) is 17.0 Å². The number of rotatable bonds is 3. The van der Waals surface area contributed by atoms with E-state index in [9.17, 15) is 4.39 Å². The summed E-state index contributed by atoms with van der Waals surface area (Å²) in [6, 6.07) is 5.10. The first-order valence-electron chi connectivity index (χ1n) is 6.39. The molecule has 0 aliphatic carbocycles. The number of aromatic nitrogens is 3. The van der Waals surface area contributed by atoms with Crippen LogP contribution in [0.5, 0.6) is 0 Å². The fraction of sp³-hybridized carbons (Fsp3) is 0.200. The number of nitrogens with zero attached hydrogens (tertiary/aromatic N) is 3. The van der Waals surface area contributed by atoms with Crippen molar-refractivity contribution in [1.82, 2.24) is 14.5 Å². The Balaban J connectivity index is 2.16. The lowest BCUT2D eigenvalue weighted by Crippen LogP contribution is -2.05. The van der Waals surface area contributed by atoms with Crippen LogP contribution in [0.15, 0.2) is 35.1 Å². The molecule has 0 saturated heterocycles. The van der Waals surface area contributed by atoms with E-state index in [1.54, 1.807) is 12.3 Å². The lowest BCUT2D eigenvalue weighted by atomic mass is 10.1. The molecule has 3 nitrogen and oxygen atoms in total. The quantitative estimate of drug-likeness (QED) is 0.640. The van der Waals surface area contributed by atoms with E-state index in [0.29, 0.717) is 16.8 Å². The number of halogens is 3. The number of alkyl halides is 1. The number of aryl methyl sites for hydroxylation is 1. The molecule has 3 rings (SSSR count). The minimum Gasteiger partial charge on any atom is -0.322 e. The van der Waals surface area contributed by atoms with E-state index in [-0.39, 0.29) is 11.7 Å². The van der Waals surface area contributed by atoms with Crippen molar-refractivity contribution in [3.8, 4) is 0 Å². The summed E-state index contributed by atoms with van der Waals surface area (Å²) in [4.78, 5) is 8.62. The molecule has 108 valence electrons. The summed E-state index contributed by atoms with van der Waals surface area (Å²) in [6.45, 7) is 2.59. The summed E-state index contributed by atoms with van der Waals surface area (Å²) in [5, 5.41) is 0. The monoisotopic (exact) mass is 367 g/mol. The van der Waals surface area contributed by atoms with Gasteiger partial charge in [-0.05, 0) is 46.1 Å². The van der Waals surface area contributed by atoms with Gasteiger partial charge < -0.3 is 4.57 Å². The van der Waals surface area contributed by atoms with Gasteiger partial charge in [0.2, 0.25) is 0 Å². The van der Waals surface area contributed by atoms with Gasteiger partial charge in [-0.15, -0.1) is 11.6 Å². The van der Waals surface area contributed by atoms with Gasteiger partial charge in [-0.1, -0.05) is 0 Å². The molecule has 0 fully saturated rings. The summed E-state index contributed by atoms with van der Waals surface area (Å²) in [5.41, 5.74) is 3.64. The molecule has 3 aromatic rings. The predicted octanol–water partition coefficient (Wildman–Crippen LogP) is 4.43. The van der Waals surface area contributed by atoms with Crippen LogP contribution in [0.3, 0.4) is 0 Å². The minimum absolute atomic E-state index is 0.271. The van der Waals surface area contributed by atoms with E-state index in [1.807, 2.05) is 23.8 Å². The van der Waals surface area contributed by atoms with Crippen LogP contribution in [0.4, 0.5) is 4.39 Å². The highest BCUT2D eigenvalue weighted by atomic mass is 79.9. The molecule has 0 spiro atoms. The van der Waals surface area contributed by atoms with Crippen LogP contribution < -0.4 is 0 Å². The lowest BCUT2D eigenvalue weighted by molar-refractivity contribution is 0.621. The fourth-order valence-corrected chi connectivity index (χ4v) is 2.82. The van der Waals surface area contributed by atoms with Crippen LogP contribution in [0.2, 0.25) is 0 Å². The van der Waals surface area contributed by atoms with Gasteiger partial charge in [-0.25, -0.2) is 9.37 Å². The first-order chi connectivity index (χ1) is 10.1. The Morgan fingerprint density at radius 1 is 1.38 bits per heavy atom. The zero-order valence-corrected chi connectivity index (χ0v) is 13.6. The largest absolute Gasteiger partial charge is 0.322 e. The second-order valence-electron chi connectivity index (χ2n) is 4.80. The Bertz CT molecular complexity index is 816. The Labute approximate surface area is 134 Å². The fourth-order valence-electron chi connectivity index (χ4n) is 2.28.